The summed E-state index contributed by atoms with van der Waals surface area (Å²) in [6, 6.07) is 0. The number of hydrogen-bond acceptors (Lipinski definition) is 6. The Morgan fingerprint density at radius 1 is 0.275 bits per heavy atom. The van der Waals surface area contributed by atoms with Crippen molar-refractivity contribution in [1.29, 1.82) is 0 Å². The third kappa shape index (κ3) is 56.4. The van der Waals surface area contributed by atoms with E-state index in [4.69, 9.17) is 14.2 Å². The van der Waals surface area contributed by atoms with E-state index in [0.29, 0.717) is 19.3 Å². The highest BCUT2D eigenvalue weighted by atomic mass is 16.6. The van der Waals surface area contributed by atoms with Crippen molar-refractivity contribution in [2.45, 2.75) is 335 Å². The van der Waals surface area contributed by atoms with Crippen LogP contribution in [-0.4, -0.2) is 37.2 Å². The second-order valence-electron chi connectivity index (χ2n) is 20.6. The quantitative estimate of drug-likeness (QED) is 0.0261. The van der Waals surface area contributed by atoms with E-state index in [1.165, 1.54) is 225 Å². The summed E-state index contributed by atoms with van der Waals surface area (Å²) in [5, 5.41) is 0. The van der Waals surface area contributed by atoms with Crippen LogP contribution in [0.1, 0.15) is 329 Å². The van der Waals surface area contributed by atoms with Crippen LogP contribution in [0.2, 0.25) is 0 Å². The van der Waals surface area contributed by atoms with Crippen molar-refractivity contribution >= 4 is 17.9 Å². The van der Waals surface area contributed by atoms with E-state index < -0.39 is 6.10 Å². The first kappa shape index (κ1) is 66.6. The largest absolute Gasteiger partial charge is 0.462 e. The molecule has 1 atom stereocenters. The molecule has 0 aliphatic rings. The van der Waals surface area contributed by atoms with Crippen molar-refractivity contribution in [3.05, 3.63) is 36.5 Å². The van der Waals surface area contributed by atoms with Crippen LogP contribution in [-0.2, 0) is 28.6 Å². The Kier molecular flexibility index (Phi) is 56.2. The van der Waals surface area contributed by atoms with Gasteiger partial charge < -0.3 is 14.2 Å². The minimum Gasteiger partial charge on any atom is -0.462 e. The highest BCUT2D eigenvalue weighted by Crippen LogP contribution is 2.16. The average Bonchev–Trinajstić information content (AvgIpc) is 3.35. The summed E-state index contributed by atoms with van der Waals surface area (Å²) in [5.41, 5.74) is 0. The third-order valence-electron chi connectivity index (χ3n) is 13.6. The second kappa shape index (κ2) is 58.2. The fourth-order valence-corrected chi connectivity index (χ4v) is 8.96. The minimum atomic E-state index is -0.776. The van der Waals surface area contributed by atoms with Gasteiger partial charge in [-0.15, -0.1) is 0 Å². The van der Waals surface area contributed by atoms with Gasteiger partial charge in [0.2, 0.25) is 0 Å². The maximum Gasteiger partial charge on any atom is 0.306 e. The first-order valence-corrected chi connectivity index (χ1v) is 30.5. The molecule has 0 bridgehead atoms. The number of rotatable bonds is 56. The van der Waals surface area contributed by atoms with Gasteiger partial charge in [0.25, 0.3) is 0 Å². The SMILES string of the molecule is CCCCCC/C=C\CCCCCCCC(=O)OCC(COC(=O)CCCCCCCCCCC/C=C\CCCCCCCC)OC(=O)CCCCCCCCCCC/C=C\CCCCCCCC. The molecule has 0 fully saturated rings. The Hall–Kier alpha value is -2.37. The van der Waals surface area contributed by atoms with Gasteiger partial charge in [-0.2, -0.15) is 0 Å². The molecule has 0 radical (unpaired) electrons. The minimum absolute atomic E-state index is 0.0740. The van der Waals surface area contributed by atoms with Gasteiger partial charge >= 0.3 is 17.9 Å². The molecule has 1 unspecified atom stereocenters. The maximum atomic E-state index is 12.9. The summed E-state index contributed by atoms with van der Waals surface area (Å²) >= 11 is 0. The van der Waals surface area contributed by atoms with Crippen LogP contribution in [0, 0.1) is 0 Å². The molecule has 0 aromatic heterocycles. The average molecular weight is 970 g/mol. The van der Waals surface area contributed by atoms with Crippen LogP contribution < -0.4 is 0 Å². The predicted molar refractivity (Wildman–Crippen MR) is 298 cm³/mol. The van der Waals surface area contributed by atoms with Crippen molar-refractivity contribution < 1.29 is 28.6 Å². The molecule has 0 heterocycles. The van der Waals surface area contributed by atoms with Crippen LogP contribution in [0.3, 0.4) is 0 Å². The number of allylic oxidation sites excluding steroid dienone is 6. The third-order valence-corrected chi connectivity index (χ3v) is 13.6. The number of hydrogen-bond donors (Lipinski definition) is 0. The number of unbranched alkanes of at least 4 members (excludes halogenated alkanes) is 39. The van der Waals surface area contributed by atoms with Gasteiger partial charge in [-0.1, -0.05) is 250 Å². The topological polar surface area (TPSA) is 78.9 Å². The van der Waals surface area contributed by atoms with Crippen molar-refractivity contribution in [3.8, 4) is 0 Å². The molecule has 69 heavy (non-hydrogen) atoms. The first-order chi connectivity index (χ1) is 34.0. The highest BCUT2D eigenvalue weighted by molar-refractivity contribution is 5.71. The van der Waals surface area contributed by atoms with Crippen LogP contribution in [0.4, 0.5) is 0 Å². The Bertz CT molecular complexity index is 1160. The van der Waals surface area contributed by atoms with Gasteiger partial charge in [0, 0.05) is 19.3 Å². The molecule has 0 rings (SSSR count). The zero-order chi connectivity index (χ0) is 50.0. The molecule has 0 amide bonds. The maximum absolute atomic E-state index is 12.9. The van der Waals surface area contributed by atoms with Gasteiger partial charge in [-0.05, 0) is 96.3 Å². The molecular formula is C63H116O6. The lowest BCUT2D eigenvalue weighted by atomic mass is 10.1. The Morgan fingerprint density at radius 2 is 0.478 bits per heavy atom. The number of esters is 3. The van der Waals surface area contributed by atoms with Crippen molar-refractivity contribution in [2.24, 2.45) is 0 Å². The fourth-order valence-electron chi connectivity index (χ4n) is 8.96. The van der Waals surface area contributed by atoms with Gasteiger partial charge in [-0.3, -0.25) is 14.4 Å². The lowest BCUT2D eigenvalue weighted by Crippen LogP contribution is -2.30. The number of carbonyl (C=O) groups excluding carboxylic acids is 3. The molecule has 0 aliphatic heterocycles. The van der Waals surface area contributed by atoms with Crippen LogP contribution >= 0.6 is 0 Å². The van der Waals surface area contributed by atoms with Gasteiger partial charge in [0.1, 0.15) is 13.2 Å². The zero-order valence-electron chi connectivity index (χ0n) is 46.3. The fraction of sp³-hybridized carbons (Fsp3) is 0.857. The van der Waals surface area contributed by atoms with E-state index in [0.717, 1.165) is 64.2 Å². The zero-order valence-corrected chi connectivity index (χ0v) is 46.3. The van der Waals surface area contributed by atoms with Crippen LogP contribution in [0.25, 0.3) is 0 Å². The number of ether oxygens (including phenoxy) is 3. The summed E-state index contributed by atoms with van der Waals surface area (Å²) < 4.78 is 16.9. The number of carbonyl (C=O) groups is 3. The Balaban J connectivity index is 4.32. The predicted octanol–water partition coefficient (Wildman–Crippen LogP) is 20.4. The first-order valence-electron chi connectivity index (χ1n) is 30.5. The molecule has 0 aliphatic carbocycles. The summed E-state index contributed by atoms with van der Waals surface area (Å²) in [5.74, 6) is -0.869. The van der Waals surface area contributed by atoms with Crippen LogP contribution in [0.5, 0.6) is 0 Å². The molecule has 0 spiro atoms. The van der Waals surface area contributed by atoms with Gasteiger partial charge in [0.15, 0.2) is 6.10 Å². The van der Waals surface area contributed by atoms with E-state index in [2.05, 4.69) is 57.2 Å². The molecule has 404 valence electrons. The van der Waals surface area contributed by atoms with Crippen LogP contribution in [0.15, 0.2) is 36.5 Å². The summed E-state index contributed by atoms with van der Waals surface area (Å²) in [4.78, 5) is 38.2. The van der Waals surface area contributed by atoms with Crippen molar-refractivity contribution in [2.75, 3.05) is 13.2 Å². The van der Waals surface area contributed by atoms with Crippen molar-refractivity contribution in [3.63, 3.8) is 0 Å². The molecular weight excluding hydrogens is 853 g/mol. The normalized spacial score (nSPS) is 12.2. The molecule has 0 saturated carbocycles. The lowest BCUT2D eigenvalue weighted by molar-refractivity contribution is -0.167. The smallest absolute Gasteiger partial charge is 0.306 e. The Morgan fingerprint density at radius 3 is 0.739 bits per heavy atom. The van der Waals surface area contributed by atoms with Crippen molar-refractivity contribution in [1.82, 2.24) is 0 Å². The van der Waals surface area contributed by atoms with E-state index >= 15 is 0 Å². The monoisotopic (exact) mass is 969 g/mol. The molecule has 0 aromatic carbocycles. The summed E-state index contributed by atoms with van der Waals surface area (Å²) in [6.45, 7) is 6.65. The Labute approximate surface area is 429 Å². The lowest BCUT2D eigenvalue weighted by Gasteiger charge is -2.18. The molecule has 0 aromatic rings. The summed E-state index contributed by atoms with van der Waals surface area (Å²) in [7, 11) is 0. The highest BCUT2D eigenvalue weighted by Gasteiger charge is 2.19. The molecule has 6 nitrogen and oxygen atoms in total. The van der Waals surface area contributed by atoms with Gasteiger partial charge in [-0.25, -0.2) is 0 Å². The second-order valence-corrected chi connectivity index (χ2v) is 20.6. The molecule has 0 N–H and O–H groups in total. The standard InChI is InChI=1S/C63H116O6/c1-4-7-10-13-16-19-22-25-27-29-31-33-35-38-41-44-47-50-53-56-62(65)68-59-60(58-67-61(64)55-52-49-46-43-40-37-24-21-18-15-12-9-6-3)69-63(66)57-54-51-48-45-42-39-36-34-32-30-28-26-23-20-17-14-11-8-5-2/h21,24-28,60H,4-20,22-23,29-59H2,1-3H3/b24-21-,27-25-,28-26-. The van der Waals surface area contributed by atoms with E-state index in [1.807, 2.05) is 0 Å². The van der Waals surface area contributed by atoms with E-state index in [9.17, 15) is 14.4 Å². The molecule has 6 heteroatoms. The summed E-state index contributed by atoms with van der Waals surface area (Å²) in [6.07, 6.45) is 69.9. The molecule has 0 saturated heterocycles. The van der Waals surface area contributed by atoms with Gasteiger partial charge in [0.05, 0.1) is 0 Å². The van der Waals surface area contributed by atoms with E-state index in [-0.39, 0.29) is 31.1 Å². The van der Waals surface area contributed by atoms with E-state index in [1.54, 1.807) is 0 Å².